The predicted octanol–water partition coefficient (Wildman–Crippen LogP) is 6.18. The molecule has 5 rings (SSSR count). The summed E-state index contributed by atoms with van der Waals surface area (Å²) in [5.41, 5.74) is 5.28. The summed E-state index contributed by atoms with van der Waals surface area (Å²) in [5, 5.41) is 2.04. The molecule has 0 unspecified atom stereocenters. The lowest BCUT2D eigenvalue weighted by atomic mass is 9.74. The predicted molar refractivity (Wildman–Crippen MR) is 145 cm³/mol. The van der Waals surface area contributed by atoms with Crippen molar-refractivity contribution in [1.29, 1.82) is 0 Å². The van der Waals surface area contributed by atoms with E-state index in [1.807, 2.05) is 22.4 Å². The number of carbonyl (C=O) groups excluding carboxylic acids is 1. The van der Waals surface area contributed by atoms with Gasteiger partial charge in [0.15, 0.2) is 0 Å². The van der Waals surface area contributed by atoms with Crippen LogP contribution in [0.5, 0.6) is 5.75 Å². The van der Waals surface area contributed by atoms with E-state index in [0.29, 0.717) is 6.42 Å². The van der Waals surface area contributed by atoms with Crippen LogP contribution in [0.3, 0.4) is 0 Å². The maximum absolute atomic E-state index is 13.4. The Morgan fingerprint density at radius 1 is 1.06 bits per heavy atom. The van der Waals surface area contributed by atoms with E-state index in [1.54, 1.807) is 18.4 Å². The largest absolute Gasteiger partial charge is 0.497 e. The highest BCUT2D eigenvalue weighted by Crippen LogP contribution is 2.48. The van der Waals surface area contributed by atoms with Gasteiger partial charge in [-0.3, -0.25) is 9.69 Å². The fourth-order valence-corrected chi connectivity index (χ4v) is 6.29. The number of hydrogen-bond donors (Lipinski definition) is 0. The van der Waals surface area contributed by atoms with E-state index in [9.17, 15) is 4.79 Å². The number of piperidine rings is 1. The van der Waals surface area contributed by atoms with Crippen molar-refractivity contribution in [1.82, 2.24) is 4.90 Å². The second-order valence-electron chi connectivity index (χ2n) is 11.1. The molecule has 2 aromatic carbocycles. The molecule has 1 saturated heterocycles. The number of carbonyl (C=O) groups is 1. The highest BCUT2D eigenvalue weighted by molar-refractivity contribution is 7.10. The Hall–Kier alpha value is -2.63. The molecular formula is C30H36N2O2S. The minimum Gasteiger partial charge on any atom is -0.497 e. The van der Waals surface area contributed by atoms with E-state index >= 15 is 0 Å². The molecule has 0 atom stereocenters. The molecule has 0 saturated carbocycles. The Kier molecular flexibility index (Phi) is 6.49. The molecule has 0 bridgehead atoms. The molecule has 1 aromatic heterocycles. The summed E-state index contributed by atoms with van der Waals surface area (Å²) in [6.07, 6.45) is 2.57. The number of nitrogens with zero attached hydrogens (tertiary/aromatic N) is 2. The fraction of sp³-hybridized carbons (Fsp3) is 0.433. The lowest BCUT2D eigenvalue weighted by molar-refractivity contribution is -0.118. The molecule has 1 fully saturated rings. The van der Waals surface area contributed by atoms with Crippen LogP contribution < -0.4 is 9.64 Å². The van der Waals surface area contributed by atoms with Crippen LogP contribution in [-0.4, -0.2) is 37.6 Å². The molecule has 2 aliphatic heterocycles. The van der Waals surface area contributed by atoms with Gasteiger partial charge in [0.25, 0.3) is 0 Å². The standard InChI is InChI=1S/C30H36N2O2S/c1-29(2,3)23-9-7-22(8-10-23)20-31-15-13-30(14-16-31)21-32(28(33)19-25-6-5-17-35-25)27-12-11-24(34-4)18-26(27)30/h5-12,17-18H,13-16,19-21H2,1-4H3. The first-order chi connectivity index (χ1) is 16.8. The number of methoxy groups -OCH3 is 1. The molecule has 3 heterocycles. The quantitative estimate of drug-likeness (QED) is 0.430. The Bertz CT molecular complexity index is 1170. The van der Waals surface area contributed by atoms with Gasteiger partial charge in [-0.25, -0.2) is 0 Å². The molecule has 1 amide bonds. The third-order valence-electron chi connectivity index (χ3n) is 7.77. The zero-order valence-corrected chi connectivity index (χ0v) is 22.2. The summed E-state index contributed by atoms with van der Waals surface area (Å²) >= 11 is 1.65. The molecule has 35 heavy (non-hydrogen) atoms. The molecule has 0 N–H and O–H groups in total. The molecule has 1 spiro atoms. The first-order valence-electron chi connectivity index (χ1n) is 12.6. The van der Waals surface area contributed by atoms with Gasteiger partial charge in [0.2, 0.25) is 5.91 Å². The van der Waals surface area contributed by atoms with Crippen molar-refractivity contribution in [2.24, 2.45) is 0 Å². The van der Waals surface area contributed by atoms with Crippen LogP contribution >= 0.6 is 11.3 Å². The van der Waals surface area contributed by atoms with Gasteiger partial charge in [0, 0.05) is 29.1 Å². The molecular weight excluding hydrogens is 452 g/mol. The molecule has 2 aliphatic rings. The average molecular weight is 489 g/mol. The fourth-order valence-electron chi connectivity index (χ4n) is 5.59. The Morgan fingerprint density at radius 3 is 2.43 bits per heavy atom. The normalized spacial score (nSPS) is 17.5. The number of benzene rings is 2. The van der Waals surface area contributed by atoms with Gasteiger partial charge >= 0.3 is 0 Å². The zero-order chi connectivity index (χ0) is 24.6. The van der Waals surface area contributed by atoms with Gasteiger partial charge in [-0.2, -0.15) is 0 Å². The summed E-state index contributed by atoms with van der Waals surface area (Å²) in [5.74, 6) is 1.06. The molecule has 3 aromatic rings. The topological polar surface area (TPSA) is 32.8 Å². The summed E-state index contributed by atoms with van der Waals surface area (Å²) in [6, 6.07) is 19.4. The lowest BCUT2D eigenvalue weighted by Crippen LogP contribution is -2.46. The molecule has 0 aliphatic carbocycles. The van der Waals surface area contributed by atoms with Crippen molar-refractivity contribution < 1.29 is 9.53 Å². The first-order valence-corrected chi connectivity index (χ1v) is 13.5. The van der Waals surface area contributed by atoms with Crippen molar-refractivity contribution in [2.75, 3.05) is 31.6 Å². The molecule has 0 radical (unpaired) electrons. The van der Waals surface area contributed by atoms with Gasteiger partial charge in [-0.05, 0) is 77.7 Å². The first kappa shape index (κ1) is 24.1. The van der Waals surface area contributed by atoms with Crippen molar-refractivity contribution in [2.45, 2.75) is 57.4 Å². The van der Waals surface area contributed by atoms with Crippen molar-refractivity contribution in [3.8, 4) is 5.75 Å². The van der Waals surface area contributed by atoms with E-state index in [1.165, 1.54) is 16.7 Å². The number of hydrogen-bond acceptors (Lipinski definition) is 4. The maximum atomic E-state index is 13.4. The molecule has 184 valence electrons. The molecule has 5 heteroatoms. The summed E-state index contributed by atoms with van der Waals surface area (Å²) < 4.78 is 5.58. The van der Waals surface area contributed by atoms with Crippen LogP contribution in [0.4, 0.5) is 5.69 Å². The van der Waals surface area contributed by atoms with Gasteiger partial charge in [0.1, 0.15) is 5.75 Å². The lowest BCUT2D eigenvalue weighted by Gasteiger charge is -2.40. The highest BCUT2D eigenvalue weighted by Gasteiger charge is 2.46. The second kappa shape index (κ2) is 9.44. The Morgan fingerprint density at radius 2 is 1.80 bits per heavy atom. The second-order valence-corrected chi connectivity index (χ2v) is 12.2. The number of ether oxygens (including phenoxy) is 1. The van der Waals surface area contributed by atoms with Crippen LogP contribution in [0.2, 0.25) is 0 Å². The number of thiophene rings is 1. The maximum Gasteiger partial charge on any atom is 0.232 e. The Labute approximate surface area is 213 Å². The number of rotatable bonds is 5. The van der Waals surface area contributed by atoms with E-state index in [-0.39, 0.29) is 16.7 Å². The van der Waals surface area contributed by atoms with Crippen LogP contribution in [0, 0.1) is 0 Å². The van der Waals surface area contributed by atoms with E-state index in [0.717, 1.165) is 55.3 Å². The highest BCUT2D eigenvalue weighted by atomic mass is 32.1. The Balaban J connectivity index is 1.31. The average Bonchev–Trinajstić information content (AvgIpc) is 3.47. The summed E-state index contributed by atoms with van der Waals surface area (Å²) in [4.78, 5) is 19.1. The molecule has 4 nitrogen and oxygen atoms in total. The van der Waals surface area contributed by atoms with Crippen LogP contribution in [0.25, 0.3) is 0 Å². The minimum atomic E-state index is 0.00156. The van der Waals surface area contributed by atoms with Gasteiger partial charge in [-0.15, -0.1) is 11.3 Å². The van der Waals surface area contributed by atoms with E-state index < -0.39 is 0 Å². The zero-order valence-electron chi connectivity index (χ0n) is 21.3. The number of anilines is 1. The van der Waals surface area contributed by atoms with Crippen molar-refractivity contribution >= 4 is 22.9 Å². The number of amides is 1. The van der Waals surface area contributed by atoms with Crippen LogP contribution in [-0.2, 0) is 28.6 Å². The third-order valence-corrected chi connectivity index (χ3v) is 8.65. The van der Waals surface area contributed by atoms with E-state index in [4.69, 9.17) is 4.74 Å². The van der Waals surface area contributed by atoms with Gasteiger partial charge in [-0.1, -0.05) is 51.1 Å². The number of likely N-dealkylation sites (tertiary alicyclic amines) is 1. The van der Waals surface area contributed by atoms with Crippen molar-refractivity contribution in [3.63, 3.8) is 0 Å². The number of fused-ring (bicyclic) bond motifs is 2. The van der Waals surface area contributed by atoms with Gasteiger partial charge in [0.05, 0.1) is 13.5 Å². The smallest absolute Gasteiger partial charge is 0.232 e. The van der Waals surface area contributed by atoms with Crippen molar-refractivity contribution in [3.05, 3.63) is 81.5 Å². The summed E-state index contributed by atoms with van der Waals surface area (Å²) in [6.45, 7) is 10.6. The van der Waals surface area contributed by atoms with Gasteiger partial charge < -0.3 is 9.64 Å². The third kappa shape index (κ3) is 4.89. The van der Waals surface area contributed by atoms with E-state index in [2.05, 4.69) is 68.1 Å². The monoisotopic (exact) mass is 488 g/mol. The van der Waals surface area contributed by atoms with Crippen LogP contribution in [0.15, 0.2) is 60.0 Å². The van der Waals surface area contributed by atoms with Crippen LogP contribution in [0.1, 0.15) is 55.2 Å². The summed E-state index contributed by atoms with van der Waals surface area (Å²) in [7, 11) is 1.72. The minimum absolute atomic E-state index is 0.00156. The SMILES string of the molecule is COc1ccc2c(c1)C1(CCN(Cc3ccc(C(C)(C)C)cc3)CC1)CN2C(=O)Cc1cccs1.